The van der Waals surface area contributed by atoms with E-state index in [4.69, 9.17) is 17.2 Å². The van der Waals surface area contributed by atoms with E-state index in [0.29, 0.717) is 0 Å². The second-order valence-electron chi connectivity index (χ2n) is 4.23. The van der Waals surface area contributed by atoms with E-state index >= 15 is 0 Å². The number of primary amides is 2. The van der Waals surface area contributed by atoms with Crippen molar-refractivity contribution in [3.8, 4) is 11.1 Å². The summed E-state index contributed by atoms with van der Waals surface area (Å²) in [6, 6.07) is 8.06. The van der Waals surface area contributed by atoms with E-state index in [-0.39, 0.29) is 27.9 Å². The summed E-state index contributed by atoms with van der Waals surface area (Å²) in [7, 11) is 0. The average molecular weight is 273 g/mol. The van der Waals surface area contributed by atoms with Gasteiger partial charge in [0, 0.05) is 22.4 Å². The van der Waals surface area contributed by atoms with Crippen molar-refractivity contribution < 1.29 is 14.0 Å². The van der Waals surface area contributed by atoms with Crippen molar-refractivity contribution in [2.24, 2.45) is 11.5 Å². The van der Waals surface area contributed by atoms with Gasteiger partial charge in [-0.1, -0.05) is 0 Å². The number of nitrogens with two attached hydrogens (primary N) is 3. The smallest absolute Gasteiger partial charge is 0.249 e. The SMILES string of the molecule is NC(=O)c1ccc(C(N)=O)c(-c2ccc(N)cc2F)c1. The van der Waals surface area contributed by atoms with E-state index in [1.165, 1.54) is 30.3 Å². The topological polar surface area (TPSA) is 112 Å². The number of carbonyl (C=O) groups is 2. The molecule has 0 aliphatic rings. The first-order valence-electron chi connectivity index (χ1n) is 5.69. The van der Waals surface area contributed by atoms with E-state index in [2.05, 4.69) is 0 Å². The molecule has 0 heterocycles. The van der Waals surface area contributed by atoms with Crippen LogP contribution in [-0.4, -0.2) is 11.8 Å². The number of anilines is 1. The third kappa shape index (κ3) is 2.44. The monoisotopic (exact) mass is 273 g/mol. The molecule has 0 saturated carbocycles. The molecule has 0 unspecified atom stereocenters. The molecule has 0 bridgehead atoms. The summed E-state index contributed by atoms with van der Waals surface area (Å²) in [6.45, 7) is 0. The van der Waals surface area contributed by atoms with Crippen LogP contribution in [-0.2, 0) is 0 Å². The number of nitrogen functional groups attached to an aromatic ring is 1. The molecule has 102 valence electrons. The lowest BCUT2D eigenvalue weighted by atomic mass is 9.96. The van der Waals surface area contributed by atoms with Crippen molar-refractivity contribution >= 4 is 17.5 Å². The fraction of sp³-hybridized carbons (Fsp3) is 0. The van der Waals surface area contributed by atoms with Gasteiger partial charge in [-0.2, -0.15) is 0 Å². The molecule has 2 amide bonds. The predicted octanol–water partition coefficient (Wildman–Crippen LogP) is 1.27. The molecule has 0 saturated heterocycles. The van der Waals surface area contributed by atoms with Crippen molar-refractivity contribution in [1.29, 1.82) is 0 Å². The van der Waals surface area contributed by atoms with Crippen molar-refractivity contribution in [2.45, 2.75) is 0 Å². The van der Waals surface area contributed by atoms with Crippen LogP contribution in [0.2, 0.25) is 0 Å². The summed E-state index contributed by atoms with van der Waals surface area (Å²) in [6.07, 6.45) is 0. The highest BCUT2D eigenvalue weighted by Crippen LogP contribution is 2.28. The molecule has 20 heavy (non-hydrogen) atoms. The summed E-state index contributed by atoms with van der Waals surface area (Å²) in [5.41, 5.74) is 16.7. The van der Waals surface area contributed by atoms with Crippen LogP contribution in [0.15, 0.2) is 36.4 Å². The molecular weight excluding hydrogens is 261 g/mol. The number of benzene rings is 2. The third-order valence-electron chi connectivity index (χ3n) is 2.85. The van der Waals surface area contributed by atoms with Crippen molar-refractivity contribution in [2.75, 3.05) is 5.73 Å². The second-order valence-corrected chi connectivity index (χ2v) is 4.23. The van der Waals surface area contributed by atoms with Gasteiger partial charge in [-0.05, 0) is 42.0 Å². The zero-order valence-corrected chi connectivity index (χ0v) is 10.4. The van der Waals surface area contributed by atoms with Gasteiger partial charge in [-0.3, -0.25) is 9.59 Å². The van der Waals surface area contributed by atoms with Gasteiger partial charge >= 0.3 is 0 Å². The zero-order valence-electron chi connectivity index (χ0n) is 10.4. The first-order chi connectivity index (χ1) is 9.40. The fourth-order valence-electron chi connectivity index (χ4n) is 1.89. The zero-order chi connectivity index (χ0) is 14.9. The lowest BCUT2D eigenvalue weighted by molar-refractivity contribution is 0.0988. The summed E-state index contributed by atoms with van der Waals surface area (Å²) in [5, 5.41) is 0. The van der Waals surface area contributed by atoms with Crippen LogP contribution in [0.3, 0.4) is 0 Å². The standard InChI is InChI=1S/C14H12FN3O2/c15-12-6-8(16)2-4-9(12)11-5-7(13(17)19)1-3-10(11)14(18)20/h1-6H,16H2,(H2,17,19)(H2,18,20). The normalized spacial score (nSPS) is 10.2. The van der Waals surface area contributed by atoms with Gasteiger partial charge in [-0.25, -0.2) is 4.39 Å². The number of amides is 2. The molecule has 2 rings (SSSR count). The van der Waals surface area contributed by atoms with Gasteiger partial charge in [0.1, 0.15) is 5.82 Å². The van der Waals surface area contributed by atoms with E-state index in [1.807, 2.05) is 0 Å². The predicted molar refractivity (Wildman–Crippen MR) is 73.3 cm³/mol. The van der Waals surface area contributed by atoms with Crippen LogP contribution < -0.4 is 17.2 Å². The van der Waals surface area contributed by atoms with Gasteiger partial charge < -0.3 is 17.2 Å². The molecule has 6 heteroatoms. The van der Waals surface area contributed by atoms with E-state index in [0.717, 1.165) is 6.07 Å². The van der Waals surface area contributed by atoms with Gasteiger partial charge in [0.15, 0.2) is 0 Å². The maximum absolute atomic E-state index is 14.0. The highest BCUT2D eigenvalue weighted by atomic mass is 19.1. The van der Waals surface area contributed by atoms with Crippen molar-refractivity contribution in [3.05, 3.63) is 53.3 Å². The molecule has 2 aromatic rings. The quantitative estimate of drug-likeness (QED) is 0.732. The van der Waals surface area contributed by atoms with Crippen molar-refractivity contribution in [1.82, 2.24) is 0 Å². The maximum atomic E-state index is 14.0. The Morgan fingerprint density at radius 2 is 1.60 bits per heavy atom. The Morgan fingerprint density at radius 3 is 2.15 bits per heavy atom. The second kappa shape index (κ2) is 5.00. The minimum atomic E-state index is -0.729. The average Bonchev–Trinajstić information content (AvgIpc) is 2.37. The Kier molecular flexibility index (Phi) is 3.39. The van der Waals surface area contributed by atoms with Crippen LogP contribution in [0.5, 0.6) is 0 Å². The Labute approximate surface area is 114 Å². The number of hydrogen-bond acceptors (Lipinski definition) is 3. The molecule has 2 aromatic carbocycles. The van der Waals surface area contributed by atoms with Crippen LogP contribution in [0.4, 0.5) is 10.1 Å². The molecule has 0 atom stereocenters. The molecule has 5 nitrogen and oxygen atoms in total. The Hall–Kier alpha value is -2.89. The Morgan fingerprint density at radius 1 is 0.900 bits per heavy atom. The van der Waals surface area contributed by atoms with Crippen LogP contribution in [0.25, 0.3) is 11.1 Å². The first kappa shape index (κ1) is 13.5. The van der Waals surface area contributed by atoms with E-state index in [1.54, 1.807) is 0 Å². The molecule has 0 aromatic heterocycles. The van der Waals surface area contributed by atoms with Gasteiger partial charge in [-0.15, -0.1) is 0 Å². The molecule has 0 fully saturated rings. The first-order valence-corrected chi connectivity index (χ1v) is 5.69. The summed E-state index contributed by atoms with van der Waals surface area (Å²) >= 11 is 0. The van der Waals surface area contributed by atoms with Gasteiger partial charge in [0.05, 0.1) is 0 Å². The van der Waals surface area contributed by atoms with Crippen molar-refractivity contribution in [3.63, 3.8) is 0 Å². The van der Waals surface area contributed by atoms with Gasteiger partial charge in [0.25, 0.3) is 0 Å². The maximum Gasteiger partial charge on any atom is 0.249 e. The number of halogens is 1. The highest BCUT2D eigenvalue weighted by Gasteiger charge is 2.15. The van der Waals surface area contributed by atoms with Crippen LogP contribution in [0.1, 0.15) is 20.7 Å². The fourth-order valence-corrected chi connectivity index (χ4v) is 1.89. The number of rotatable bonds is 3. The molecule has 6 N–H and O–H groups in total. The minimum Gasteiger partial charge on any atom is -0.399 e. The van der Waals surface area contributed by atoms with E-state index in [9.17, 15) is 14.0 Å². The lowest BCUT2D eigenvalue weighted by Gasteiger charge is -2.10. The Bertz CT molecular complexity index is 714. The summed E-state index contributed by atoms with van der Waals surface area (Å²) in [5.74, 6) is -2.03. The number of carbonyl (C=O) groups excluding carboxylic acids is 2. The van der Waals surface area contributed by atoms with Gasteiger partial charge in [0.2, 0.25) is 11.8 Å². The molecule has 0 radical (unpaired) electrons. The summed E-state index contributed by atoms with van der Waals surface area (Å²) in [4.78, 5) is 22.6. The summed E-state index contributed by atoms with van der Waals surface area (Å²) < 4.78 is 14.0. The molecule has 0 aliphatic carbocycles. The Balaban J connectivity index is 2.72. The highest BCUT2D eigenvalue weighted by molar-refractivity contribution is 6.02. The lowest BCUT2D eigenvalue weighted by Crippen LogP contribution is -2.15. The minimum absolute atomic E-state index is 0.0960. The molecule has 0 spiro atoms. The van der Waals surface area contributed by atoms with Crippen LogP contribution in [0, 0.1) is 5.82 Å². The largest absolute Gasteiger partial charge is 0.399 e. The van der Waals surface area contributed by atoms with E-state index < -0.39 is 17.6 Å². The molecular formula is C14H12FN3O2. The molecule has 0 aliphatic heterocycles. The number of hydrogen-bond donors (Lipinski definition) is 3. The third-order valence-corrected chi connectivity index (χ3v) is 2.85. The van der Waals surface area contributed by atoms with Crippen LogP contribution >= 0.6 is 0 Å².